The van der Waals surface area contributed by atoms with Crippen molar-refractivity contribution in [2.24, 2.45) is 0 Å². The molecular formula is C12H12N2O2S2. The Labute approximate surface area is 115 Å². The number of thioether (sulfide) groups is 1. The topological polar surface area (TPSA) is 58.2 Å². The van der Waals surface area contributed by atoms with Crippen LogP contribution in [0.5, 0.6) is 0 Å². The summed E-state index contributed by atoms with van der Waals surface area (Å²) >= 11 is 6.10. The highest BCUT2D eigenvalue weighted by molar-refractivity contribution is 8.24. The third kappa shape index (κ3) is 3.30. The molecule has 94 valence electrons. The van der Waals surface area contributed by atoms with Crippen LogP contribution in [0.15, 0.2) is 24.3 Å². The summed E-state index contributed by atoms with van der Waals surface area (Å²) in [6.45, 7) is 1.95. The van der Waals surface area contributed by atoms with E-state index in [9.17, 15) is 9.59 Å². The minimum Gasteiger partial charge on any atom is -0.326 e. The first-order valence-electron chi connectivity index (χ1n) is 5.42. The van der Waals surface area contributed by atoms with Crippen LogP contribution in [0.2, 0.25) is 0 Å². The second-order valence-electron chi connectivity index (χ2n) is 4.00. The molecule has 1 unspecified atom stereocenters. The number of carbonyl (C=O) groups is 2. The fourth-order valence-electron chi connectivity index (χ4n) is 1.63. The van der Waals surface area contributed by atoms with E-state index in [0.29, 0.717) is 4.32 Å². The van der Waals surface area contributed by atoms with E-state index < -0.39 is 5.25 Å². The minimum absolute atomic E-state index is 0.130. The molecule has 0 bridgehead atoms. The van der Waals surface area contributed by atoms with Crippen LogP contribution in [0.1, 0.15) is 12.0 Å². The number of thiocarbonyl (C=S) groups is 1. The summed E-state index contributed by atoms with van der Waals surface area (Å²) in [7, 11) is 0. The highest BCUT2D eigenvalue weighted by atomic mass is 32.2. The quantitative estimate of drug-likeness (QED) is 0.830. The molecule has 1 aliphatic rings. The van der Waals surface area contributed by atoms with Gasteiger partial charge in [-0.05, 0) is 24.6 Å². The molecule has 1 aromatic rings. The van der Waals surface area contributed by atoms with Gasteiger partial charge < -0.3 is 10.6 Å². The van der Waals surface area contributed by atoms with E-state index >= 15 is 0 Å². The maximum atomic E-state index is 11.8. The first-order valence-corrected chi connectivity index (χ1v) is 6.71. The van der Waals surface area contributed by atoms with Crippen LogP contribution < -0.4 is 10.6 Å². The molecule has 1 atom stereocenters. The lowest BCUT2D eigenvalue weighted by Crippen LogP contribution is -2.27. The predicted molar refractivity (Wildman–Crippen MR) is 76.5 cm³/mol. The summed E-state index contributed by atoms with van der Waals surface area (Å²) in [5, 5.41) is 4.88. The van der Waals surface area contributed by atoms with Crippen molar-refractivity contribution in [3.8, 4) is 0 Å². The van der Waals surface area contributed by atoms with E-state index in [4.69, 9.17) is 12.2 Å². The van der Waals surface area contributed by atoms with Crippen molar-refractivity contribution < 1.29 is 9.59 Å². The second-order valence-corrected chi connectivity index (χ2v) is 5.88. The molecular weight excluding hydrogens is 268 g/mol. The molecule has 0 radical (unpaired) electrons. The average molecular weight is 280 g/mol. The maximum Gasteiger partial charge on any atom is 0.239 e. The molecule has 18 heavy (non-hydrogen) atoms. The van der Waals surface area contributed by atoms with E-state index in [-0.39, 0.29) is 18.2 Å². The lowest BCUT2D eigenvalue weighted by Gasteiger charge is -2.07. The van der Waals surface area contributed by atoms with Crippen molar-refractivity contribution in [3.05, 3.63) is 29.8 Å². The Morgan fingerprint density at radius 3 is 2.94 bits per heavy atom. The number of amides is 2. The van der Waals surface area contributed by atoms with Crippen molar-refractivity contribution in [1.29, 1.82) is 0 Å². The van der Waals surface area contributed by atoms with Gasteiger partial charge in [-0.1, -0.05) is 36.1 Å². The van der Waals surface area contributed by atoms with Crippen molar-refractivity contribution in [3.63, 3.8) is 0 Å². The van der Waals surface area contributed by atoms with Gasteiger partial charge in [0.2, 0.25) is 11.8 Å². The number of rotatable bonds is 3. The summed E-state index contributed by atoms with van der Waals surface area (Å²) in [5.74, 6) is -0.373. The van der Waals surface area contributed by atoms with Crippen molar-refractivity contribution in [1.82, 2.24) is 5.32 Å². The van der Waals surface area contributed by atoms with E-state index in [2.05, 4.69) is 10.6 Å². The van der Waals surface area contributed by atoms with E-state index in [0.717, 1.165) is 11.3 Å². The van der Waals surface area contributed by atoms with Gasteiger partial charge in [-0.15, -0.1) is 0 Å². The van der Waals surface area contributed by atoms with E-state index in [1.807, 2.05) is 31.2 Å². The SMILES string of the molecule is Cc1cccc(NC(=O)CC2SC(=S)NC2=O)c1. The Morgan fingerprint density at radius 2 is 2.33 bits per heavy atom. The molecule has 6 heteroatoms. The largest absolute Gasteiger partial charge is 0.326 e. The normalized spacial score (nSPS) is 18.6. The standard InChI is InChI=1S/C12H12N2O2S2/c1-7-3-2-4-8(5-7)13-10(15)6-9-11(16)14-12(17)18-9/h2-5,9H,6H2,1H3,(H,13,15)(H,14,16,17). The lowest BCUT2D eigenvalue weighted by molar-refractivity contribution is -0.122. The number of hydrogen-bond donors (Lipinski definition) is 2. The first-order chi connectivity index (χ1) is 8.54. The van der Waals surface area contributed by atoms with Gasteiger partial charge in [-0.3, -0.25) is 9.59 Å². The van der Waals surface area contributed by atoms with Crippen LogP contribution in [0, 0.1) is 6.92 Å². The first kappa shape index (κ1) is 13.0. The molecule has 1 saturated heterocycles. The Hall–Kier alpha value is -1.40. The van der Waals surface area contributed by atoms with Crippen LogP contribution in [0.3, 0.4) is 0 Å². The van der Waals surface area contributed by atoms with Gasteiger partial charge >= 0.3 is 0 Å². The highest BCUT2D eigenvalue weighted by Crippen LogP contribution is 2.22. The zero-order chi connectivity index (χ0) is 13.1. The Morgan fingerprint density at radius 1 is 1.56 bits per heavy atom. The van der Waals surface area contributed by atoms with Gasteiger partial charge in [0.15, 0.2) is 0 Å². The summed E-state index contributed by atoms with van der Waals surface area (Å²) in [4.78, 5) is 23.2. The molecule has 0 saturated carbocycles. The summed E-state index contributed by atoms with van der Waals surface area (Å²) in [5.41, 5.74) is 1.81. The van der Waals surface area contributed by atoms with Gasteiger partial charge in [-0.2, -0.15) is 0 Å². The highest BCUT2D eigenvalue weighted by Gasteiger charge is 2.30. The summed E-state index contributed by atoms with van der Waals surface area (Å²) in [6.07, 6.45) is 0.130. The van der Waals surface area contributed by atoms with Gasteiger partial charge in [0.1, 0.15) is 4.32 Å². The van der Waals surface area contributed by atoms with Crippen molar-refractivity contribution in [2.45, 2.75) is 18.6 Å². The Bertz CT molecular complexity index is 517. The molecule has 0 spiro atoms. The molecule has 2 N–H and O–H groups in total. The summed E-state index contributed by atoms with van der Waals surface area (Å²) in [6, 6.07) is 7.52. The predicted octanol–water partition coefficient (Wildman–Crippen LogP) is 1.84. The Balaban J connectivity index is 1.93. The smallest absolute Gasteiger partial charge is 0.239 e. The van der Waals surface area contributed by atoms with Gasteiger partial charge in [-0.25, -0.2) is 0 Å². The number of aryl methyl sites for hydroxylation is 1. The van der Waals surface area contributed by atoms with Gasteiger partial charge in [0.25, 0.3) is 0 Å². The van der Waals surface area contributed by atoms with Crippen LogP contribution in [-0.4, -0.2) is 21.4 Å². The molecule has 2 amide bonds. The van der Waals surface area contributed by atoms with E-state index in [1.54, 1.807) is 0 Å². The number of carbonyl (C=O) groups excluding carboxylic acids is 2. The fraction of sp³-hybridized carbons (Fsp3) is 0.250. The molecule has 1 aromatic carbocycles. The van der Waals surface area contributed by atoms with Crippen molar-refractivity contribution >= 4 is 45.8 Å². The Kier molecular flexibility index (Phi) is 3.98. The minimum atomic E-state index is -0.415. The third-order valence-electron chi connectivity index (χ3n) is 2.44. The third-order valence-corrected chi connectivity index (χ3v) is 3.81. The molecule has 1 heterocycles. The van der Waals surface area contributed by atoms with Gasteiger partial charge in [0.05, 0.1) is 5.25 Å². The molecule has 1 aliphatic heterocycles. The van der Waals surface area contributed by atoms with Gasteiger partial charge in [0, 0.05) is 12.1 Å². The summed E-state index contributed by atoms with van der Waals surface area (Å²) < 4.78 is 0.438. The van der Waals surface area contributed by atoms with Crippen LogP contribution >= 0.6 is 24.0 Å². The number of benzene rings is 1. The zero-order valence-electron chi connectivity index (χ0n) is 9.73. The molecule has 1 fully saturated rings. The van der Waals surface area contributed by atoms with Crippen LogP contribution in [0.25, 0.3) is 0 Å². The molecule has 2 rings (SSSR count). The van der Waals surface area contributed by atoms with Crippen LogP contribution in [0.4, 0.5) is 5.69 Å². The maximum absolute atomic E-state index is 11.8. The van der Waals surface area contributed by atoms with E-state index in [1.165, 1.54) is 11.8 Å². The second kappa shape index (κ2) is 5.49. The monoisotopic (exact) mass is 280 g/mol. The molecule has 4 nitrogen and oxygen atoms in total. The average Bonchev–Trinajstić information content (AvgIpc) is 2.57. The number of anilines is 1. The molecule has 0 aromatic heterocycles. The van der Waals surface area contributed by atoms with Crippen molar-refractivity contribution in [2.75, 3.05) is 5.32 Å². The lowest BCUT2D eigenvalue weighted by atomic mass is 10.2. The molecule has 0 aliphatic carbocycles. The number of nitrogens with one attached hydrogen (secondary N) is 2. The zero-order valence-corrected chi connectivity index (χ0v) is 11.4. The fourth-order valence-corrected chi connectivity index (χ4v) is 2.90. The number of hydrogen-bond acceptors (Lipinski definition) is 4. The van der Waals surface area contributed by atoms with Crippen LogP contribution in [-0.2, 0) is 9.59 Å².